The largest absolute Gasteiger partial charge is 0.379 e. The molecule has 0 aliphatic rings. The lowest BCUT2D eigenvalue weighted by atomic mass is 9.87. The molecule has 0 bridgehead atoms. The number of amides is 1. The predicted octanol–water partition coefficient (Wildman–Crippen LogP) is 3.68. The Labute approximate surface area is 146 Å². The van der Waals surface area contributed by atoms with Gasteiger partial charge in [-0.2, -0.15) is 0 Å². The topological polar surface area (TPSA) is 78.0 Å². The first-order chi connectivity index (χ1) is 12.0. The molecular formula is C20H21N3O2. The van der Waals surface area contributed by atoms with E-state index in [0.29, 0.717) is 12.1 Å². The van der Waals surface area contributed by atoms with Crippen molar-refractivity contribution in [3.05, 3.63) is 72.3 Å². The highest BCUT2D eigenvalue weighted by molar-refractivity contribution is 5.89. The fraction of sp³-hybridized carbons (Fsp3) is 0.200. The van der Waals surface area contributed by atoms with Crippen molar-refractivity contribution in [1.82, 2.24) is 9.97 Å². The molecule has 0 fully saturated rings. The van der Waals surface area contributed by atoms with Crippen LogP contribution in [0, 0.1) is 0 Å². The van der Waals surface area contributed by atoms with Gasteiger partial charge in [-0.25, -0.2) is 4.98 Å². The molecule has 5 heteroatoms. The van der Waals surface area contributed by atoms with Crippen molar-refractivity contribution in [3.63, 3.8) is 0 Å². The van der Waals surface area contributed by atoms with Gasteiger partial charge in [0.05, 0.1) is 12.0 Å². The highest BCUT2D eigenvalue weighted by Gasteiger charge is 2.31. The minimum atomic E-state index is -1.11. The average Bonchev–Trinajstić information content (AvgIpc) is 3.16. The van der Waals surface area contributed by atoms with Crippen molar-refractivity contribution in [2.45, 2.75) is 25.9 Å². The monoisotopic (exact) mass is 335 g/mol. The molecule has 1 heterocycles. The number of aliphatic hydroxyl groups is 1. The van der Waals surface area contributed by atoms with Crippen molar-refractivity contribution in [3.8, 4) is 11.1 Å². The molecular weight excluding hydrogens is 314 g/mol. The van der Waals surface area contributed by atoms with Gasteiger partial charge in [-0.1, -0.05) is 43.3 Å². The summed E-state index contributed by atoms with van der Waals surface area (Å²) in [4.78, 5) is 18.3. The van der Waals surface area contributed by atoms with Gasteiger partial charge in [0.1, 0.15) is 5.60 Å². The lowest BCUT2D eigenvalue weighted by molar-refractivity contribution is -0.114. The zero-order valence-electron chi connectivity index (χ0n) is 14.3. The fourth-order valence-corrected chi connectivity index (χ4v) is 2.94. The minimum Gasteiger partial charge on any atom is -0.379 e. The van der Waals surface area contributed by atoms with Crippen molar-refractivity contribution in [2.24, 2.45) is 0 Å². The number of aromatic amines is 1. The summed E-state index contributed by atoms with van der Waals surface area (Å²) in [6, 6.07) is 15.4. The van der Waals surface area contributed by atoms with Gasteiger partial charge in [-0.3, -0.25) is 4.79 Å². The highest BCUT2D eigenvalue weighted by atomic mass is 16.3. The zero-order valence-corrected chi connectivity index (χ0v) is 14.3. The fourth-order valence-electron chi connectivity index (χ4n) is 2.94. The second kappa shape index (κ2) is 6.91. The molecule has 0 saturated heterocycles. The predicted molar refractivity (Wildman–Crippen MR) is 98.1 cm³/mol. The summed E-state index contributed by atoms with van der Waals surface area (Å²) >= 11 is 0. The Morgan fingerprint density at radius 1 is 1.20 bits per heavy atom. The van der Waals surface area contributed by atoms with Crippen LogP contribution in [0.25, 0.3) is 11.1 Å². The van der Waals surface area contributed by atoms with E-state index in [1.807, 2.05) is 55.5 Å². The van der Waals surface area contributed by atoms with Crippen LogP contribution in [0.5, 0.6) is 0 Å². The van der Waals surface area contributed by atoms with Gasteiger partial charge in [-0.15, -0.1) is 0 Å². The number of rotatable bonds is 5. The number of benzene rings is 2. The van der Waals surface area contributed by atoms with Crippen LogP contribution in [0.2, 0.25) is 0 Å². The molecule has 128 valence electrons. The average molecular weight is 335 g/mol. The lowest BCUT2D eigenvalue weighted by Gasteiger charge is -2.25. The third kappa shape index (κ3) is 3.46. The Balaban J connectivity index is 1.91. The molecule has 0 aliphatic carbocycles. The van der Waals surface area contributed by atoms with Gasteiger partial charge >= 0.3 is 0 Å². The van der Waals surface area contributed by atoms with Gasteiger partial charge in [0.2, 0.25) is 5.91 Å². The summed E-state index contributed by atoms with van der Waals surface area (Å²) in [5, 5.41) is 13.8. The van der Waals surface area contributed by atoms with Crippen LogP contribution in [0.1, 0.15) is 31.5 Å². The van der Waals surface area contributed by atoms with Crippen molar-refractivity contribution in [1.29, 1.82) is 0 Å². The summed E-state index contributed by atoms with van der Waals surface area (Å²) in [7, 11) is 0. The van der Waals surface area contributed by atoms with E-state index in [9.17, 15) is 9.90 Å². The van der Waals surface area contributed by atoms with Crippen LogP contribution in [0.3, 0.4) is 0 Å². The van der Waals surface area contributed by atoms with Crippen LogP contribution in [0.15, 0.2) is 61.1 Å². The molecule has 3 aromatic rings. The van der Waals surface area contributed by atoms with E-state index in [1.54, 1.807) is 12.5 Å². The van der Waals surface area contributed by atoms with Crippen LogP contribution < -0.4 is 5.32 Å². The molecule has 3 N–H and O–H groups in total. The minimum absolute atomic E-state index is 0.0977. The van der Waals surface area contributed by atoms with E-state index >= 15 is 0 Å². The van der Waals surface area contributed by atoms with E-state index in [2.05, 4.69) is 15.3 Å². The number of anilines is 1. The van der Waals surface area contributed by atoms with Crippen LogP contribution >= 0.6 is 0 Å². The summed E-state index contributed by atoms with van der Waals surface area (Å²) in [6.07, 6.45) is 3.81. The van der Waals surface area contributed by atoms with Crippen molar-refractivity contribution < 1.29 is 9.90 Å². The third-order valence-electron chi connectivity index (χ3n) is 4.31. The van der Waals surface area contributed by atoms with Gasteiger partial charge < -0.3 is 15.4 Å². The molecule has 0 saturated carbocycles. The van der Waals surface area contributed by atoms with Crippen LogP contribution in [-0.2, 0) is 10.4 Å². The van der Waals surface area contributed by atoms with E-state index in [0.717, 1.165) is 22.4 Å². The number of H-pyrrole nitrogens is 1. The number of nitrogens with zero attached hydrogens (tertiary/aromatic N) is 1. The molecule has 5 nitrogen and oxygen atoms in total. The maximum atomic E-state index is 11.2. The summed E-state index contributed by atoms with van der Waals surface area (Å²) in [5.74, 6) is -0.0977. The second-order valence-corrected chi connectivity index (χ2v) is 6.01. The standard InChI is InChI=1S/C20H21N3O2/c1-3-20(25,19-12-21-13-22-19)17-9-7-15(8-10-17)16-5-4-6-18(11-16)23-14(2)24/h4-13,25H,3H2,1-2H3,(H,21,22)(H,23,24). The number of aromatic nitrogens is 2. The molecule has 3 rings (SSSR count). The Bertz CT molecular complexity index is 857. The number of hydrogen-bond donors (Lipinski definition) is 3. The first-order valence-electron chi connectivity index (χ1n) is 8.23. The number of carbonyl (C=O) groups is 1. The number of imidazole rings is 1. The SMILES string of the molecule is CCC(O)(c1ccc(-c2cccc(NC(C)=O)c2)cc1)c1c[nH]cn1. The summed E-state index contributed by atoms with van der Waals surface area (Å²) in [6.45, 7) is 3.42. The van der Waals surface area contributed by atoms with E-state index < -0.39 is 5.60 Å². The van der Waals surface area contributed by atoms with Crippen molar-refractivity contribution in [2.75, 3.05) is 5.32 Å². The van der Waals surface area contributed by atoms with Gasteiger partial charge in [-0.05, 0) is 35.2 Å². The third-order valence-corrected chi connectivity index (χ3v) is 4.31. The number of hydrogen-bond acceptors (Lipinski definition) is 3. The zero-order chi connectivity index (χ0) is 17.9. The number of nitrogens with one attached hydrogen (secondary N) is 2. The van der Waals surface area contributed by atoms with E-state index in [4.69, 9.17) is 0 Å². The normalized spacial score (nSPS) is 13.2. The smallest absolute Gasteiger partial charge is 0.221 e. The first-order valence-corrected chi connectivity index (χ1v) is 8.23. The maximum Gasteiger partial charge on any atom is 0.221 e. The van der Waals surface area contributed by atoms with Gasteiger partial charge in [0.25, 0.3) is 0 Å². The van der Waals surface area contributed by atoms with Gasteiger partial charge in [0, 0.05) is 18.8 Å². The molecule has 1 aromatic heterocycles. The summed E-state index contributed by atoms with van der Waals surface area (Å²) < 4.78 is 0. The van der Waals surface area contributed by atoms with Crippen molar-refractivity contribution >= 4 is 11.6 Å². The lowest BCUT2D eigenvalue weighted by Crippen LogP contribution is -2.26. The molecule has 0 spiro atoms. The number of carbonyl (C=O) groups excluding carboxylic acids is 1. The van der Waals surface area contributed by atoms with Crippen LogP contribution in [0.4, 0.5) is 5.69 Å². The molecule has 1 unspecified atom stereocenters. The first kappa shape index (κ1) is 16.9. The Kier molecular flexibility index (Phi) is 4.67. The summed E-state index contributed by atoms with van der Waals surface area (Å²) in [5.41, 5.74) is 3.06. The van der Waals surface area contributed by atoms with Crippen LogP contribution in [-0.4, -0.2) is 21.0 Å². The molecule has 0 radical (unpaired) electrons. The maximum absolute atomic E-state index is 11.2. The molecule has 0 aliphatic heterocycles. The molecule has 25 heavy (non-hydrogen) atoms. The molecule has 1 amide bonds. The van der Waals surface area contributed by atoms with Gasteiger partial charge in [0.15, 0.2) is 0 Å². The Morgan fingerprint density at radius 2 is 1.96 bits per heavy atom. The van der Waals surface area contributed by atoms with E-state index in [-0.39, 0.29) is 5.91 Å². The second-order valence-electron chi connectivity index (χ2n) is 6.01. The molecule has 2 aromatic carbocycles. The highest BCUT2D eigenvalue weighted by Crippen LogP contribution is 2.33. The Morgan fingerprint density at radius 3 is 2.56 bits per heavy atom. The Hall–Kier alpha value is -2.92. The molecule has 1 atom stereocenters. The quantitative estimate of drug-likeness (QED) is 0.665. The van der Waals surface area contributed by atoms with E-state index in [1.165, 1.54) is 6.92 Å².